The summed E-state index contributed by atoms with van der Waals surface area (Å²) in [7, 11) is 1.51. The Morgan fingerprint density at radius 1 is 0.900 bits per heavy atom. The number of carbonyl (C=O) groups excluding carboxylic acids is 3. The van der Waals surface area contributed by atoms with Crippen LogP contribution in [0.4, 0.5) is 11.4 Å². The summed E-state index contributed by atoms with van der Waals surface area (Å²) in [6.45, 7) is 0. The van der Waals surface area contributed by atoms with E-state index in [-0.39, 0.29) is 11.6 Å². The predicted octanol–water partition coefficient (Wildman–Crippen LogP) is 3.46. The molecule has 3 rings (SSSR count). The van der Waals surface area contributed by atoms with E-state index in [1.807, 2.05) is 0 Å². The van der Waals surface area contributed by atoms with Crippen molar-refractivity contribution in [2.24, 2.45) is 0 Å². The number of rotatable bonds is 5. The maximum Gasteiger partial charge on any atom is 0.314 e. The second-order valence-electron chi connectivity index (χ2n) is 5.97. The van der Waals surface area contributed by atoms with Gasteiger partial charge in [-0.05, 0) is 30.3 Å². The minimum Gasteiger partial charge on any atom is -0.457 e. The highest BCUT2D eigenvalue weighted by molar-refractivity contribution is 6.44. The molecule has 152 valence electrons. The molecule has 0 saturated heterocycles. The van der Waals surface area contributed by atoms with Gasteiger partial charge in [0.05, 0.1) is 10.7 Å². The van der Waals surface area contributed by atoms with Crippen LogP contribution in [-0.2, 0) is 9.59 Å². The summed E-state index contributed by atoms with van der Waals surface area (Å²) in [6.07, 6.45) is 1.45. The molecule has 0 saturated carbocycles. The van der Waals surface area contributed by atoms with E-state index in [2.05, 4.69) is 20.9 Å². The summed E-state index contributed by atoms with van der Waals surface area (Å²) < 4.78 is 5.72. The van der Waals surface area contributed by atoms with Crippen molar-refractivity contribution in [2.45, 2.75) is 0 Å². The smallest absolute Gasteiger partial charge is 0.314 e. The quantitative estimate of drug-likeness (QED) is 0.543. The molecular weight excluding hydrogens is 408 g/mol. The summed E-state index contributed by atoms with van der Waals surface area (Å²) in [6, 6.07) is 16.1. The average Bonchev–Trinajstić information content (AvgIpc) is 2.75. The number of nitrogens with one attached hydrogen (secondary N) is 3. The Morgan fingerprint density at radius 2 is 1.63 bits per heavy atom. The van der Waals surface area contributed by atoms with Crippen LogP contribution in [0.15, 0.2) is 66.9 Å². The zero-order valence-electron chi connectivity index (χ0n) is 15.8. The van der Waals surface area contributed by atoms with Gasteiger partial charge in [0.25, 0.3) is 5.91 Å². The van der Waals surface area contributed by atoms with Crippen molar-refractivity contribution in [1.82, 2.24) is 10.3 Å². The standard InChI is InChI=1S/C21H17ClN4O4/c1-23-19(27)18-12-15(9-10-24-18)30-14-6-4-5-13(11-14)25-20(28)21(29)26-17-8-3-2-7-16(17)22/h2-12H,1H3,(H,23,27)(H,25,28)(H,26,29). The summed E-state index contributed by atoms with van der Waals surface area (Å²) in [4.78, 5) is 40.0. The largest absolute Gasteiger partial charge is 0.457 e. The summed E-state index contributed by atoms with van der Waals surface area (Å²) in [5.74, 6) is -1.28. The van der Waals surface area contributed by atoms with Crippen molar-refractivity contribution in [3.8, 4) is 11.5 Å². The van der Waals surface area contributed by atoms with Gasteiger partial charge in [0.15, 0.2) is 0 Å². The molecule has 8 nitrogen and oxygen atoms in total. The third kappa shape index (κ3) is 5.33. The lowest BCUT2D eigenvalue weighted by atomic mass is 10.3. The van der Waals surface area contributed by atoms with Crippen molar-refractivity contribution in [3.63, 3.8) is 0 Å². The zero-order valence-corrected chi connectivity index (χ0v) is 16.6. The molecule has 2 aromatic carbocycles. The van der Waals surface area contributed by atoms with Gasteiger partial charge in [-0.3, -0.25) is 19.4 Å². The third-order valence-electron chi connectivity index (χ3n) is 3.85. The first-order valence-corrected chi connectivity index (χ1v) is 9.17. The lowest BCUT2D eigenvalue weighted by Gasteiger charge is -2.10. The zero-order chi connectivity index (χ0) is 21.5. The maximum atomic E-state index is 12.2. The molecule has 0 aliphatic rings. The molecule has 1 heterocycles. The number of ether oxygens (including phenoxy) is 1. The fraction of sp³-hybridized carbons (Fsp3) is 0.0476. The fourth-order valence-corrected chi connectivity index (χ4v) is 2.61. The number of hydrogen-bond donors (Lipinski definition) is 3. The molecule has 0 spiro atoms. The molecule has 30 heavy (non-hydrogen) atoms. The van der Waals surface area contributed by atoms with E-state index < -0.39 is 11.8 Å². The number of para-hydroxylation sites is 1. The number of aromatic nitrogens is 1. The number of benzene rings is 2. The molecule has 3 aromatic rings. The Hall–Kier alpha value is -3.91. The Kier molecular flexibility index (Phi) is 6.61. The third-order valence-corrected chi connectivity index (χ3v) is 4.18. The average molecular weight is 425 g/mol. The molecule has 3 amide bonds. The van der Waals surface area contributed by atoms with E-state index in [4.69, 9.17) is 16.3 Å². The number of pyridine rings is 1. The van der Waals surface area contributed by atoms with Crippen LogP contribution in [0, 0.1) is 0 Å². The van der Waals surface area contributed by atoms with Gasteiger partial charge in [-0.2, -0.15) is 0 Å². The second kappa shape index (κ2) is 9.53. The molecule has 0 aliphatic heterocycles. The molecule has 0 fully saturated rings. The number of anilines is 2. The lowest BCUT2D eigenvalue weighted by molar-refractivity contribution is -0.132. The molecule has 0 unspecified atom stereocenters. The highest BCUT2D eigenvalue weighted by atomic mass is 35.5. The molecule has 9 heteroatoms. The number of carbonyl (C=O) groups is 3. The number of halogens is 1. The molecule has 0 atom stereocenters. The Bertz CT molecular complexity index is 1100. The summed E-state index contributed by atoms with van der Waals surface area (Å²) in [5, 5.41) is 7.75. The van der Waals surface area contributed by atoms with Gasteiger partial charge in [-0.1, -0.05) is 29.8 Å². The van der Waals surface area contributed by atoms with Gasteiger partial charge in [0.2, 0.25) is 0 Å². The van der Waals surface area contributed by atoms with Crippen LogP contribution in [0.5, 0.6) is 11.5 Å². The Morgan fingerprint density at radius 3 is 2.40 bits per heavy atom. The van der Waals surface area contributed by atoms with Gasteiger partial charge in [-0.15, -0.1) is 0 Å². The van der Waals surface area contributed by atoms with E-state index >= 15 is 0 Å². The fourth-order valence-electron chi connectivity index (χ4n) is 2.43. The number of hydrogen-bond acceptors (Lipinski definition) is 5. The predicted molar refractivity (Wildman–Crippen MR) is 113 cm³/mol. The van der Waals surface area contributed by atoms with E-state index in [0.717, 1.165) is 0 Å². The molecular formula is C21H17ClN4O4. The van der Waals surface area contributed by atoms with E-state index in [9.17, 15) is 14.4 Å². The van der Waals surface area contributed by atoms with Crippen LogP contribution in [0.1, 0.15) is 10.5 Å². The molecule has 1 aromatic heterocycles. The van der Waals surface area contributed by atoms with Crippen LogP contribution in [-0.4, -0.2) is 29.8 Å². The monoisotopic (exact) mass is 424 g/mol. The SMILES string of the molecule is CNC(=O)c1cc(Oc2cccc(NC(=O)C(=O)Nc3ccccc3Cl)c2)ccn1. The normalized spacial score (nSPS) is 10.1. The van der Waals surface area contributed by atoms with Crippen molar-refractivity contribution in [2.75, 3.05) is 17.7 Å². The molecule has 3 N–H and O–H groups in total. The maximum absolute atomic E-state index is 12.2. The number of amides is 3. The van der Waals surface area contributed by atoms with Crippen LogP contribution in [0.3, 0.4) is 0 Å². The molecule has 0 aliphatic carbocycles. The van der Waals surface area contributed by atoms with Crippen molar-refractivity contribution < 1.29 is 19.1 Å². The van der Waals surface area contributed by atoms with Crippen LogP contribution < -0.4 is 20.7 Å². The second-order valence-corrected chi connectivity index (χ2v) is 6.38. The Balaban J connectivity index is 1.67. The lowest BCUT2D eigenvalue weighted by Crippen LogP contribution is -2.29. The van der Waals surface area contributed by atoms with Gasteiger partial charge in [0.1, 0.15) is 17.2 Å². The van der Waals surface area contributed by atoms with Crippen molar-refractivity contribution in [3.05, 3.63) is 77.6 Å². The summed E-state index contributed by atoms with van der Waals surface area (Å²) in [5.41, 5.74) is 0.893. The Labute approximate surface area is 177 Å². The summed E-state index contributed by atoms with van der Waals surface area (Å²) >= 11 is 5.98. The first kappa shape index (κ1) is 20.8. The molecule has 0 radical (unpaired) electrons. The van der Waals surface area contributed by atoms with Crippen LogP contribution in [0.2, 0.25) is 5.02 Å². The van der Waals surface area contributed by atoms with Gasteiger partial charge < -0.3 is 20.7 Å². The minimum atomic E-state index is -0.863. The van der Waals surface area contributed by atoms with Crippen molar-refractivity contribution in [1.29, 1.82) is 0 Å². The first-order valence-electron chi connectivity index (χ1n) is 8.79. The molecule has 0 bridgehead atoms. The van der Waals surface area contributed by atoms with E-state index in [1.165, 1.54) is 19.3 Å². The number of nitrogens with zero attached hydrogens (tertiary/aromatic N) is 1. The van der Waals surface area contributed by atoms with Crippen LogP contribution in [0.25, 0.3) is 0 Å². The van der Waals surface area contributed by atoms with Gasteiger partial charge in [0, 0.05) is 31.1 Å². The van der Waals surface area contributed by atoms with Crippen molar-refractivity contribution >= 4 is 40.7 Å². The van der Waals surface area contributed by atoms with Crippen LogP contribution >= 0.6 is 11.6 Å². The van der Waals surface area contributed by atoms with Gasteiger partial charge in [-0.25, -0.2) is 0 Å². The topological polar surface area (TPSA) is 109 Å². The minimum absolute atomic E-state index is 0.204. The van der Waals surface area contributed by atoms with E-state index in [1.54, 1.807) is 54.6 Å². The van der Waals surface area contributed by atoms with Gasteiger partial charge >= 0.3 is 11.8 Å². The highest BCUT2D eigenvalue weighted by Gasteiger charge is 2.15. The van der Waals surface area contributed by atoms with E-state index in [0.29, 0.717) is 27.9 Å². The first-order chi connectivity index (χ1) is 14.5. The highest BCUT2D eigenvalue weighted by Crippen LogP contribution is 2.25.